The van der Waals surface area contributed by atoms with E-state index in [-0.39, 0.29) is 5.97 Å². The van der Waals surface area contributed by atoms with Crippen LogP contribution in [-0.2, 0) is 9.53 Å². The van der Waals surface area contributed by atoms with Crippen LogP contribution in [0.3, 0.4) is 0 Å². The number of hydrogen-bond acceptors (Lipinski definition) is 4. The lowest BCUT2D eigenvalue weighted by molar-refractivity contribution is -0.140. The average Bonchev–Trinajstić information content (AvgIpc) is 2.18. The topological polar surface area (TPSA) is 26.3 Å². The molecule has 0 aromatic heterocycles. The van der Waals surface area contributed by atoms with E-state index in [0.717, 1.165) is 5.75 Å². The monoisotopic (exact) mass is 228 g/mol. The van der Waals surface area contributed by atoms with Gasteiger partial charge in [-0.15, -0.1) is 0 Å². The Hall–Kier alpha value is -0.610. The van der Waals surface area contributed by atoms with Crippen LogP contribution in [0.1, 0.15) is 6.92 Å². The molecule has 0 spiro atoms. The zero-order valence-corrected chi connectivity index (χ0v) is 9.57. The lowest BCUT2D eigenvalue weighted by Crippen LogP contribution is -2.01. The Morgan fingerprint density at radius 1 is 1.36 bits per heavy atom. The number of esters is 1. The van der Waals surface area contributed by atoms with Crippen molar-refractivity contribution < 1.29 is 9.53 Å². The van der Waals surface area contributed by atoms with Crippen LogP contribution in [0, 0.1) is 0 Å². The highest BCUT2D eigenvalue weighted by Gasteiger charge is 1.95. The second-order valence-electron chi connectivity index (χ2n) is 2.56. The quantitative estimate of drug-likeness (QED) is 0.439. The van der Waals surface area contributed by atoms with Crippen molar-refractivity contribution >= 4 is 27.6 Å². The van der Waals surface area contributed by atoms with E-state index in [1.54, 1.807) is 21.6 Å². The van der Waals surface area contributed by atoms with E-state index in [0.29, 0.717) is 6.61 Å². The first-order valence-corrected chi connectivity index (χ1v) is 6.59. The van der Waals surface area contributed by atoms with Crippen molar-refractivity contribution in [2.24, 2.45) is 0 Å². The van der Waals surface area contributed by atoms with Gasteiger partial charge >= 0.3 is 5.97 Å². The maximum absolute atomic E-state index is 10.4. The lowest BCUT2D eigenvalue weighted by atomic mass is 10.4. The van der Waals surface area contributed by atoms with Gasteiger partial charge in [0.15, 0.2) is 0 Å². The molecule has 0 atom stereocenters. The molecular formula is C10H12O2S2. The molecule has 0 saturated heterocycles. The fraction of sp³-hybridized carbons (Fsp3) is 0.300. The summed E-state index contributed by atoms with van der Waals surface area (Å²) in [6, 6.07) is 10.1. The number of carbonyl (C=O) groups excluding carboxylic acids is 1. The second kappa shape index (κ2) is 6.79. The lowest BCUT2D eigenvalue weighted by Gasteiger charge is -2.01. The largest absolute Gasteiger partial charge is 0.465 e. The van der Waals surface area contributed by atoms with Gasteiger partial charge in [0, 0.05) is 17.6 Å². The molecule has 14 heavy (non-hydrogen) atoms. The maximum atomic E-state index is 10.4. The molecule has 0 fully saturated rings. The fourth-order valence-electron chi connectivity index (χ4n) is 0.805. The summed E-state index contributed by atoms with van der Waals surface area (Å²) in [6.07, 6.45) is 0. The molecule has 0 heterocycles. The summed E-state index contributed by atoms with van der Waals surface area (Å²) in [5.74, 6) is 0.606. The summed E-state index contributed by atoms with van der Waals surface area (Å²) in [5, 5.41) is 0. The van der Waals surface area contributed by atoms with Gasteiger partial charge in [-0.3, -0.25) is 4.79 Å². The molecule has 1 aromatic rings. The Balaban J connectivity index is 2.08. The molecule has 0 N–H and O–H groups in total. The molecule has 0 amide bonds. The van der Waals surface area contributed by atoms with E-state index in [9.17, 15) is 4.79 Å². The second-order valence-corrected chi connectivity index (χ2v) is 5.05. The van der Waals surface area contributed by atoms with Gasteiger partial charge in [0.2, 0.25) is 0 Å². The normalized spacial score (nSPS) is 9.79. The van der Waals surface area contributed by atoms with Crippen molar-refractivity contribution in [3.8, 4) is 0 Å². The minimum Gasteiger partial charge on any atom is -0.465 e. The van der Waals surface area contributed by atoms with Gasteiger partial charge in [-0.1, -0.05) is 39.8 Å². The summed E-state index contributed by atoms with van der Waals surface area (Å²) in [5.41, 5.74) is 0. The van der Waals surface area contributed by atoms with Crippen LogP contribution in [-0.4, -0.2) is 18.3 Å². The standard InChI is InChI=1S/C10H12O2S2/c1-9(11)12-7-8-13-14-10-5-3-2-4-6-10/h2-6H,7-8H2,1H3. The van der Waals surface area contributed by atoms with Crippen molar-refractivity contribution in [2.45, 2.75) is 11.8 Å². The van der Waals surface area contributed by atoms with Crippen LogP contribution in [0.2, 0.25) is 0 Å². The number of benzene rings is 1. The summed E-state index contributed by atoms with van der Waals surface area (Å²) >= 11 is 0. The molecule has 0 bridgehead atoms. The van der Waals surface area contributed by atoms with E-state index < -0.39 is 0 Å². The molecule has 0 aliphatic heterocycles. The first kappa shape index (κ1) is 11.5. The molecule has 0 saturated carbocycles. The van der Waals surface area contributed by atoms with Crippen molar-refractivity contribution in [2.75, 3.05) is 12.4 Å². The van der Waals surface area contributed by atoms with Gasteiger partial charge < -0.3 is 4.74 Å². The zero-order valence-electron chi connectivity index (χ0n) is 7.93. The summed E-state index contributed by atoms with van der Waals surface area (Å²) in [4.78, 5) is 11.7. The highest BCUT2D eigenvalue weighted by molar-refractivity contribution is 8.76. The van der Waals surface area contributed by atoms with E-state index in [1.165, 1.54) is 11.8 Å². The van der Waals surface area contributed by atoms with Crippen LogP contribution in [0.25, 0.3) is 0 Å². The van der Waals surface area contributed by atoms with E-state index in [1.807, 2.05) is 18.2 Å². The third-order valence-electron chi connectivity index (χ3n) is 1.37. The van der Waals surface area contributed by atoms with E-state index >= 15 is 0 Å². The molecule has 4 heteroatoms. The first-order valence-electron chi connectivity index (χ1n) is 4.27. The van der Waals surface area contributed by atoms with E-state index in [4.69, 9.17) is 4.74 Å². The Morgan fingerprint density at radius 3 is 2.71 bits per heavy atom. The Bertz CT molecular complexity index is 275. The van der Waals surface area contributed by atoms with E-state index in [2.05, 4.69) is 12.1 Å². The zero-order chi connectivity index (χ0) is 10.2. The molecule has 0 aliphatic carbocycles. The van der Waals surface area contributed by atoms with Gasteiger partial charge in [0.05, 0.1) is 0 Å². The van der Waals surface area contributed by atoms with Gasteiger partial charge in [0.25, 0.3) is 0 Å². The SMILES string of the molecule is CC(=O)OCCSSc1ccccc1. The summed E-state index contributed by atoms with van der Waals surface area (Å²) in [7, 11) is 3.39. The minimum atomic E-state index is -0.213. The highest BCUT2D eigenvalue weighted by Crippen LogP contribution is 2.30. The maximum Gasteiger partial charge on any atom is 0.302 e. The van der Waals surface area contributed by atoms with Crippen molar-refractivity contribution in [1.82, 2.24) is 0 Å². The molecule has 76 valence electrons. The van der Waals surface area contributed by atoms with Gasteiger partial charge in [0.1, 0.15) is 6.61 Å². The molecule has 1 aromatic carbocycles. The van der Waals surface area contributed by atoms with Crippen molar-refractivity contribution in [1.29, 1.82) is 0 Å². The predicted molar refractivity (Wildman–Crippen MR) is 61.4 cm³/mol. The Labute approximate surface area is 91.8 Å². The van der Waals surface area contributed by atoms with Gasteiger partial charge in [-0.25, -0.2) is 0 Å². The third-order valence-corrected chi connectivity index (χ3v) is 3.72. The fourth-order valence-corrected chi connectivity index (χ4v) is 2.64. The first-order chi connectivity index (χ1) is 6.79. The number of carbonyl (C=O) groups is 1. The van der Waals surface area contributed by atoms with Crippen LogP contribution in [0.5, 0.6) is 0 Å². The van der Waals surface area contributed by atoms with Crippen LogP contribution in [0.4, 0.5) is 0 Å². The summed E-state index contributed by atoms with van der Waals surface area (Å²) in [6.45, 7) is 1.91. The third kappa shape index (κ3) is 5.19. The van der Waals surface area contributed by atoms with Gasteiger partial charge in [-0.2, -0.15) is 0 Å². The summed E-state index contributed by atoms with van der Waals surface area (Å²) < 4.78 is 4.81. The molecule has 0 unspecified atom stereocenters. The molecular weight excluding hydrogens is 216 g/mol. The predicted octanol–water partition coefficient (Wildman–Crippen LogP) is 2.99. The van der Waals surface area contributed by atoms with Crippen LogP contribution >= 0.6 is 21.6 Å². The molecule has 0 radical (unpaired) electrons. The number of rotatable bonds is 5. The molecule has 2 nitrogen and oxygen atoms in total. The number of hydrogen-bond donors (Lipinski definition) is 0. The smallest absolute Gasteiger partial charge is 0.302 e. The Kier molecular flexibility index (Phi) is 5.56. The minimum absolute atomic E-state index is 0.213. The van der Waals surface area contributed by atoms with Crippen LogP contribution < -0.4 is 0 Å². The Morgan fingerprint density at radius 2 is 2.07 bits per heavy atom. The number of ether oxygens (including phenoxy) is 1. The average molecular weight is 228 g/mol. The van der Waals surface area contributed by atoms with Gasteiger partial charge in [-0.05, 0) is 12.1 Å². The molecule has 1 rings (SSSR count). The van der Waals surface area contributed by atoms with Crippen LogP contribution in [0.15, 0.2) is 35.2 Å². The molecule has 0 aliphatic rings. The van der Waals surface area contributed by atoms with Crippen molar-refractivity contribution in [3.63, 3.8) is 0 Å². The van der Waals surface area contributed by atoms with Crippen molar-refractivity contribution in [3.05, 3.63) is 30.3 Å². The highest BCUT2D eigenvalue weighted by atomic mass is 33.1.